The molecule has 1 aliphatic rings. The molecule has 27 heavy (non-hydrogen) atoms. The van der Waals surface area contributed by atoms with Gasteiger partial charge in [-0.3, -0.25) is 4.99 Å². The first kappa shape index (κ1) is 19.5. The van der Waals surface area contributed by atoms with E-state index in [4.69, 9.17) is 4.74 Å². The number of anilines is 1. The van der Waals surface area contributed by atoms with E-state index >= 15 is 0 Å². The van der Waals surface area contributed by atoms with Crippen LogP contribution in [0.25, 0.3) is 0 Å². The van der Waals surface area contributed by atoms with Gasteiger partial charge in [0, 0.05) is 62.8 Å². The Balaban J connectivity index is 1.50. The van der Waals surface area contributed by atoms with Crippen molar-refractivity contribution >= 4 is 23.0 Å². The van der Waals surface area contributed by atoms with Crippen LogP contribution in [-0.4, -0.2) is 62.7 Å². The van der Waals surface area contributed by atoms with E-state index in [1.807, 2.05) is 19.2 Å². The van der Waals surface area contributed by atoms with Crippen LogP contribution in [-0.2, 0) is 6.42 Å². The highest BCUT2D eigenvalue weighted by Gasteiger charge is 2.20. The largest absolute Gasteiger partial charge is 0.497 e. The molecule has 2 heterocycles. The molecule has 1 aliphatic heterocycles. The van der Waals surface area contributed by atoms with Gasteiger partial charge in [-0.1, -0.05) is 6.07 Å². The third-order valence-corrected chi connectivity index (χ3v) is 5.98. The maximum atomic E-state index is 5.34. The van der Waals surface area contributed by atoms with Crippen LogP contribution in [0.4, 0.5) is 5.69 Å². The lowest BCUT2D eigenvalue weighted by Crippen LogP contribution is -2.52. The highest BCUT2D eigenvalue weighted by Crippen LogP contribution is 2.22. The summed E-state index contributed by atoms with van der Waals surface area (Å²) in [6, 6.07) is 8.27. The average molecular weight is 388 g/mol. The van der Waals surface area contributed by atoms with Gasteiger partial charge < -0.3 is 19.9 Å². The number of hydrogen-bond acceptors (Lipinski definition) is 5. The van der Waals surface area contributed by atoms with Crippen molar-refractivity contribution in [2.24, 2.45) is 4.99 Å². The van der Waals surface area contributed by atoms with E-state index in [1.54, 1.807) is 18.4 Å². The lowest BCUT2D eigenvalue weighted by molar-refractivity contribution is 0.372. The van der Waals surface area contributed by atoms with Crippen LogP contribution in [0.5, 0.6) is 5.75 Å². The SMILES string of the molecule is CN=C(NCCc1sc(C)nc1C)N1CCN(c2cccc(OC)c2)CC1. The van der Waals surface area contributed by atoms with Crippen molar-refractivity contribution < 1.29 is 4.74 Å². The lowest BCUT2D eigenvalue weighted by Gasteiger charge is -2.37. The van der Waals surface area contributed by atoms with Gasteiger partial charge in [-0.15, -0.1) is 11.3 Å². The highest BCUT2D eigenvalue weighted by atomic mass is 32.1. The fourth-order valence-corrected chi connectivity index (χ4v) is 4.35. The molecule has 1 aromatic carbocycles. The molecule has 0 amide bonds. The Morgan fingerprint density at radius 1 is 1.26 bits per heavy atom. The van der Waals surface area contributed by atoms with Crippen LogP contribution in [0, 0.1) is 13.8 Å². The second-order valence-electron chi connectivity index (χ2n) is 6.64. The summed E-state index contributed by atoms with van der Waals surface area (Å²) in [6.45, 7) is 8.89. The molecule has 0 bridgehead atoms. The smallest absolute Gasteiger partial charge is 0.193 e. The van der Waals surface area contributed by atoms with E-state index in [2.05, 4.69) is 51.1 Å². The van der Waals surface area contributed by atoms with Crippen molar-refractivity contribution in [3.63, 3.8) is 0 Å². The molecule has 146 valence electrons. The third-order valence-electron chi connectivity index (χ3n) is 4.84. The summed E-state index contributed by atoms with van der Waals surface area (Å²) < 4.78 is 5.34. The van der Waals surface area contributed by atoms with E-state index in [9.17, 15) is 0 Å². The summed E-state index contributed by atoms with van der Waals surface area (Å²) in [6.07, 6.45) is 0.986. The van der Waals surface area contributed by atoms with Gasteiger partial charge in [0.2, 0.25) is 0 Å². The predicted octanol–water partition coefficient (Wildman–Crippen LogP) is 2.71. The molecule has 7 heteroatoms. The van der Waals surface area contributed by atoms with Crippen molar-refractivity contribution in [1.82, 2.24) is 15.2 Å². The number of ether oxygens (including phenoxy) is 1. The number of guanidine groups is 1. The topological polar surface area (TPSA) is 53.0 Å². The maximum Gasteiger partial charge on any atom is 0.193 e. The number of aliphatic imine (C=N–C) groups is 1. The van der Waals surface area contributed by atoms with Gasteiger partial charge in [0.1, 0.15) is 5.75 Å². The first-order valence-electron chi connectivity index (χ1n) is 9.38. The molecular formula is C20H29N5OS. The Kier molecular flexibility index (Phi) is 6.55. The van der Waals surface area contributed by atoms with Crippen molar-refractivity contribution in [2.75, 3.05) is 51.8 Å². The van der Waals surface area contributed by atoms with Crippen molar-refractivity contribution in [1.29, 1.82) is 0 Å². The number of nitrogens with one attached hydrogen (secondary N) is 1. The zero-order valence-corrected chi connectivity index (χ0v) is 17.5. The first-order chi connectivity index (χ1) is 13.1. The Labute approximate surface area is 165 Å². The second kappa shape index (κ2) is 9.08. The minimum Gasteiger partial charge on any atom is -0.497 e. The number of thiazole rings is 1. The summed E-state index contributed by atoms with van der Waals surface area (Å²) in [4.78, 5) is 15.1. The Hall–Kier alpha value is -2.28. The number of hydrogen-bond donors (Lipinski definition) is 1. The van der Waals surface area contributed by atoms with Crippen LogP contribution in [0.15, 0.2) is 29.3 Å². The average Bonchev–Trinajstić information content (AvgIpc) is 3.02. The molecule has 0 spiro atoms. The van der Waals surface area contributed by atoms with E-state index in [-0.39, 0.29) is 0 Å². The summed E-state index contributed by atoms with van der Waals surface area (Å²) in [7, 11) is 3.57. The van der Waals surface area contributed by atoms with Gasteiger partial charge in [-0.25, -0.2) is 4.98 Å². The number of nitrogens with zero attached hydrogens (tertiary/aromatic N) is 4. The van der Waals surface area contributed by atoms with Crippen LogP contribution >= 0.6 is 11.3 Å². The fourth-order valence-electron chi connectivity index (χ4n) is 3.41. The third kappa shape index (κ3) is 4.91. The zero-order chi connectivity index (χ0) is 19.2. The van der Waals surface area contributed by atoms with Crippen molar-refractivity contribution in [2.45, 2.75) is 20.3 Å². The number of benzene rings is 1. The molecule has 0 atom stereocenters. The van der Waals surface area contributed by atoms with Gasteiger partial charge in [-0.2, -0.15) is 0 Å². The quantitative estimate of drug-likeness (QED) is 0.632. The van der Waals surface area contributed by atoms with E-state index in [1.165, 1.54) is 10.6 Å². The molecule has 1 aromatic heterocycles. The molecule has 3 rings (SSSR count). The summed E-state index contributed by atoms with van der Waals surface area (Å²) in [5.41, 5.74) is 2.37. The van der Waals surface area contributed by atoms with Gasteiger partial charge in [-0.05, 0) is 26.0 Å². The van der Waals surface area contributed by atoms with Gasteiger partial charge in [0.05, 0.1) is 17.8 Å². The second-order valence-corrected chi connectivity index (χ2v) is 7.93. The number of aromatic nitrogens is 1. The molecule has 0 unspecified atom stereocenters. The molecule has 1 N–H and O–H groups in total. The summed E-state index contributed by atoms with van der Waals surface area (Å²) >= 11 is 1.79. The lowest BCUT2D eigenvalue weighted by atomic mass is 10.2. The number of aryl methyl sites for hydroxylation is 2. The van der Waals surface area contributed by atoms with Crippen molar-refractivity contribution in [3.05, 3.63) is 39.8 Å². The molecule has 0 radical (unpaired) electrons. The fraction of sp³-hybridized carbons (Fsp3) is 0.500. The van der Waals surface area contributed by atoms with Crippen LogP contribution in [0.1, 0.15) is 15.6 Å². The summed E-state index contributed by atoms with van der Waals surface area (Å²) in [5, 5.41) is 4.65. The minimum atomic E-state index is 0.880. The maximum absolute atomic E-state index is 5.34. The molecule has 1 saturated heterocycles. The first-order valence-corrected chi connectivity index (χ1v) is 10.2. The van der Waals surface area contributed by atoms with Crippen molar-refractivity contribution in [3.8, 4) is 5.75 Å². The van der Waals surface area contributed by atoms with Gasteiger partial charge in [0.25, 0.3) is 0 Å². The molecular weight excluding hydrogens is 358 g/mol. The van der Waals surface area contributed by atoms with Crippen LogP contribution in [0.3, 0.4) is 0 Å². The molecule has 2 aromatic rings. The number of rotatable bonds is 5. The van der Waals surface area contributed by atoms with Crippen LogP contribution in [0.2, 0.25) is 0 Å². The standard InChI is InChI=1S/C20H29N5OS/c1-15-19(27-16(2)23-15)8-9-22-20(21-3)25-12-10-24(11-13-25)17-6-5-7-18(14-17)26-4/h5-7,14H,8-13H2,1-4H3,(H,21,22). The van der Waals surface area contributed by atoms with Crippen LogP contribution < -0.4 is 15.0 Å². The Bertz CT molecular complexity index is 780. The zero-order valence-electron chi connectivity index (χ0n) is 16.7. The monoisotopic (exact) mass is 387 g/mol. The minimum absolute atomic E-state index is 0.880. The molecule has 0 aliphatic carbocycles. The van der Waals surface area contributed by atoms with E-state index in [0.717, 1.165) is 61.6 Å². The highest BCUT2D eigenvalue weighted by molar-refractivity contribution is 7.11. The predicted molar refractivity (Wildman–Crippen MR) is 113 cm³/mol. The normalized spacial score (nSPS) is 15.2. The Morgan fingerprint density at radius 3 is 2.67 bits per heavy atom. The molecule has 1 fully saturated rings. The Morgan fingerprint density at radius 2 is 2.04 bits per heavy atom. The molecule has 6 nitrogen and oxygen atoms in total. The van der Waals surface area contributed by atoms with Gasteiger partial charge >= 0.3 is 0 Å². The summed E-state index contributed by atoms with van der Waals surface area (Å²) in [5.74, 6) is 1.89. The van der Waals surface area contributed by atoms with Gasteiger partial charge in [0.15, 0.2) is 5.96 Å². The van der Waals surface area contributed by atoms with E-state index in [0.29, 0.717) is 0 Å². The molecule has 0 saturated carbocycles. The van der Waals surface area contributed by atoms with E-state index < -0.39 is 0 Å². The number of methoxy groups -OCH3 is 1. The number of piperazine rings is 1.